The van der Waals surface area contributed by atoms with E-state index in [2.05, 4.69) is 26.3 Å². The first kappa shape index (κ1) is 8.52. The SMILES string of the molecule is Cn1ncc(NCCF)c1Br. The molecule has 1 aromatic heterocycles. The lowest BCUT2D eigenvalue weighted by atomic mass is 10.5. The third-order valence-corrected chi connectivity index (χ3v) is 2.22. The van der Waals surface area contributed by atoms with E-state index in [1.165, 1.54) is 0 Å². The molecule has 1 rings (SSSR count). The van der Waals surface area contributed by atoms with Crippen molar-refractivity contribution >= 4 is 21.6 Å². The fourth-order valence-corrected chi connectivity index (χ4v) is 1.06. The molecule has 0 aromatic carbocycles. The maximum absolute atomic E-state index is 11.7. The van der Waals surface area contributed by atoms with Crippen molar-refractivity contribution < 1.29 is 4.39 Å². The van der Waals surface area contributed by atoms with Crippen molar-refractivity contribution in [1.29, 1.82) is 0 Å². The van der Waals surface area contributed by atoms with Gasteiger partial charge < -0.3 is 5.32 Å². The van der Waals surface area contributed by atoms with Crippen LogP contribution in [0.2, 0.25) is 0 Å². The van der Waals surface area contributed by atoms with Crippen LogP contribution in [-0.4, -0.2) is 23.0 Å². The lowest BCUT2D eigenvalue weighted by molar-refractivity contribution is 0.512. The number of nitrogens with one attached hydrogen (secondary N) is 1. The van der Waals surface area contributed by atoms with Crippen LogP contribution in [0.4, 0.5) is 10.1 Å². The van der Waals surface area contributed by atoms with E-state index in [4.69, 9.17) is 0 Å². The fraction of sp³-hybridized carbons (Fsp3) is 0.500. The lowest BCUT2D eigenvalue weighted by Crippen LogP contribution is -2.02. The van der Waals surface area contributed by atoms with Crippen LogP contribution in [0.1, 0.15) is 0 Å². The highest BCUT2D eigenvalue weighted by Gasteiger charge is 2.02. The number of anilines is 1. The molecule has 0 aliphatic rings. The van der Waals surface area contributed by atoms with Gasteiger partial charge in [0.2, 0.25) is 0 Å². The Morgan fingerprint density at radius 2 is 2.55 bits per heavy atom. The maximum Gasteiger partial charge on any atom is 0.126 e. The van der Waals surface area contributed by atoms with Crippen LogP contribution in [0.15, 0.2) is 10.8 Å². The van der Waals surface area contributed by atoms with Crippen LogP contribution in [0.5, 0.6) is 0 Å². The van der Waals surface area contributed by atoms with Crippen LogP contribution >= 0.6 is 15.9 Å². The molecule has 0 saturated heterocycles. The van der Waals surface area contributed by atoms with Gasteiger partial charge in [0.05, 0.1) is 11.9 Å². The van der Waals surface area contributed by atoms with Gasteiger partial charge in [0, 0.05) is 13.6 Å². The van der Waals surface area contributed by atoms with Gasteiger partial charge in [-0.15, -0.1) is 0 Å². The minimum Gasteiger partial charge on any atom is -0.379 e. The normalized spacial score (nSPS) is 10.1. The van der Waals surface area contributed by atoms with E-state index in [-0.39, 0.29) is 6.67 Å². The molecule has 1 aromatic rings. The predicted molar refractivity (Wildman–Crippen MR) is 45.4 cm³/mol. The van der Waals surface area contributed by atoms with Crippen molar-refractivity contribution in [2.24, 2.45) is 7.05 Å². The molecule has 0 aliphatic heterocycles. The predicted octanol–water partition coefficient (Wildman–Crippen LogP) is 1.56. The van der Waals surface area contributed by atoms with Gasteiger partial charge in [0.1, 0.15) is 11.3 Å². The molecule has 62 valence electrons. The summed E-state index contributed by atoms with van der Waals surface area (Å²) in [4.78, 5) is 0. The number of aromatic nitrogens is 2. The molecule has 0 amide bonds. The summed E-state index contributed by atoms with van der Waals surface area (Å²) in [6.45, 7) is -0.0500. The fourth-order valence-electron chi connectivity index (χ4n) is 0.723. The van der Waals surface area contributed by atoms with Crippen molar-refractivity contribution in [3.63, 3.8) is 0 Å². The van der Waals surface area contributed by atoms with Crippen LogP contribution in [0, 0.1) is 0 Å². The van der Waals surface area contributed by atoms with Gasteiger partial charge in [-0.25, -0.2) is 4.39 Å². The van der Waals surface area contributed by atoms with Gasteiger partial charge in [-0.3, -0.25) is 4.68 Å². The van der Waals surface area contributed by atoms with Gasteiger partial charge in [0.15, 0.2) is 0 Å². The van der Waals surface area contributed by atoms with Gasteiger partial charge in [-0.2, -0.15) is 5.10 Å². The maximum atomic E-state index is 11.7. The summed E-state index contributed by atoms with van der Waals surface area (Å²) in [5.74, 6) is 0. The average Bonchev–Trinajstić information content (AvgIpc) is 2.31. The molecule has 0 radical (unpaired) electrons. The highest BCUT2D eigenvalue weighted by atomic mass is 79.9. The summed E-state index contributed by atoms with van der Waals surface area (Å²) in [6.07, 6.45) is 1.65. The summed E-state index contributed by atoms with van der Waals surface area (Å²) in [5, 5.41) is 6.83. The Morgan fingerprint density at radius 3 is 3.00 bits per heavy atom. The highest BCUT2D eigenvalue weighted by Crippen LogP contribution is 2.19. The Morgan fingerprint density at radius 1 is 1.82 bits per heavy atom. The average molecular weight is 222 g/mol. The molecule has 0 fully saturated rings. The first-order valence-electron chi connectivity index (χ1n) is 3.23. The minimum absolute atomic E-state index is 0.324. The Balaban J connectivity index is 2.63. The van der Waals surface area contributed by atoms with E-state index < -0.39 is 0 Å². The summed E-state index contributed by atoms with van der Waals surface area (Å²) in [7, 11) is 1.81. The Kier molecular flexibility index (Phi) is 2.87. The molecule has 0 atom stereocenters. The molecule has 1 N–H and O–H groups in total. The smallest absolute Gasteiger partial charge is 0.126 e. The number of hydrogen-bond acceptors (Lipinski definition) is 2. The van der Waals surface area contributed by atoms with E-state index in [0.717, 1.165) is 10.3 Å². The highest BCUT2D eigenvalue weighted by molar-refractivity contribution is 9.10. The van der Waals surface area contributed by atoms with Crippen LogP contribution in [0.3, 0.4) is 0 Å². The molecule has 3 nitrogen and oxygen atoms in total. The molecule has 0 saturated carbocycles. The first-order chi connectivity index (χ1) is 5.25. The molecule has 0 bridgehead atoms. The summed E-state index contributed by atoms with van der Waals surface area (Å²) in [5.41, 5.74) is 0.824. The summed E-state index contributed by atoms with van der Waals surface area (Å²) >= 11 is 3.30. The first-order valence-corrected chi connectivity index (χ1v) is 4.02. The number of aryl methyl sites for hydroxylation is 1. The monoisotopic (exact) mass is 221 g/mol. The molecule has 0 unspecified atom stereocenters. The van der Waals surface area contributed by atoms with Gasteiger partial charge >= 0.3 is 0 Å². The van der Waals surface area contributed by atoms with Crippen LogP contribution in [-0.2, 0) is 7.05 Å². The van der Waals surface area contributed by atoms with Gasteiger partial charge in [-0.1, -0.05) is 0 Å². The molecule has 1 heterocycles. The van der Waals surface area contributed by atoms with Crippen molar-refractivity contribution in [3.8, 4) is 0 Å². The third kappa shape index (κ3) is 1.92. The van der Waals surface area contributed by atoms with Crippen molar-refractivity contribution in [1.82, 2.24) is 9.78 Å². The number of alkyl halides is 1. The topological polar surface area (TPSA) is 29.9 Å². The number of rotatable bonds is 3. The van der Waals surface area contributed by atoms with E-state index >= 15 is 0 Å². The zero-order chi connectivity index (χ0) is 8.27. The summed E-state index contributed by atoms with van der Waals surface area (Å²) < 4.78 is 14.2. The standard InChI is InChI=1S/C6H9BrFN3/c1-11-6(7)5(4-10-11)9-3-2-8/h4,9H,2-3H2,1H3. The lowest BCUT2D eigenvalue weighted by Gasteiger charge is -1.99. The molecule has 5 heteroatoms. The second-order valence-electron chi connectivity index (χ2n) is 2.09. The minimum atomic E-state index is -0.374. The van der Waals surface area contributed by atoms with Crippen LogP contribution < -0.4 is 5.32 Å². The summed E-state index contributed by atoms with van der Waals surface area (Å²) in [6, 6.07) is 0. The van der Waals surface area contributed by atoms with Gasteiger partial charge in [0.25, 0.3) is 0 Å². The molecule has 0 aliphatic carbocycles. The van der Waals surface area contributed by atoms with E-state index in [9.17, 15) is 4.39 Å². The van der Waals surface area contributed by atoms with Crippen LogP contribution in [0.25, 0.3) is 0 Å². The second kappa shape index (κ2) is 3.71. The van der Waals surface area contributed by atoms with Gasteiger partial charge in [-0.05, 0) is 15.9 Å². The molecule has 0 spiro atoms. The second-order valence-corrected chi connectivity index (χ2v) is 2.84. The Hall–Kier alpha value is -0.580. The van der Waals surface area contributed by atoms with E-state index in [1.54, 1.807) is 10.9 Å². The zero-order valence-corrected chi connectivity index (χ0v) is 7.73. The zero-order valence-electron chi connectivity index (χ0n) is 6.14. The van der Waals surface area contributed by atoms with Crippen molar-refractivity contribution in [3.05, 3.63) is 10.8 Å². The van der Waals surface area contributed by atoms with E-state index in [1.807, 2.05) is 7.05 Å². The number of hydrogen-bond donors (Lipinski definition) is 1. The Bertz CT molecular complexity index is 236. The molecular formula is C6H9BrFN3. The quantitative estimate of drug-likeness (QED) is 0.840. The molecule has 11 heavy (non-hydrogen) atoms. The number of halogens is 2. The van der Waals surface area contributed by atoms with Crippen molar-refractivity contribution in [2.45, 2.75) is 0 Å². The molecular weight excluding hydrogens is 213 g/mol. The van der Waals surface area contributed by atoms with Crippen molar-refractivity contribution in [2.75, 3.05) is 18.5 Å². The number of nitrogens with zero attached hydrogens (tertiary/aromatic N) is 2. The third-order valence-electron chi connectivity index (χ3n) is 1.28. The van der Waals surface area contributed by atoms with E-state index in [0.29, 0.717) is 6.54 Å². The Labute approximate surface area is 72.7 Å². The largest absolute Gasteiger partial charge is 0.379 e.